The lowest BCUT2D eigenvalue weighted by molar-refractivity contribution is 0.479. The van der Waals surface area contributed by atoms with Crippen molar-refractivity contribution in [3.05, 3.63) is 64.8 Å². The minimum Gasteiger partial charge on any atom is -0.404 e. The average Bonchev–Trinajstić information content (AvgIpc) is 2.68. The molecule has 0 unspecified atom stereocenters. The molecule has 2 aromatic carbocycles. The summed E-state index contributed by atoms with van der Waals surface area (Å²) >= 11 is 0. The second-order valence-electron chi connectivity index (χ2n) is 6.57. The number of allylic oxidation sites excluding steroid dienone is 1. The Morgan fingerprint density at radius 3 is 2.67 bits per heavy atom. The second-order valence-corrected chi connectivity index (χ2v) is 6.57. The van der Waals surface area contributed by atoms with E-state index in [1.165, 1.54) is 6.07 Å². The van der Waals surface area contributed by atoms with Crippen molar-refractivity contribution in [3.8, 4) is 17.2 Å². The van der Waals surface area contributed by atoms with E-state index >= 15 is 0 Å². The van der Waals surface area contributed by atoms with Gasteiger partial charge in [-0.1, -0.05) is 24.8 Å². The molecule has 0 radical (unpaired) electrons. The van der Waals surface area contributed by atoms with Gasteiger partial charge in [-0.25, -0.2) is 4.39 Å². The first-order chi connectivity index (χ1) is 13.2. The van der Waals surface area contributed by atoms with Crippen molar-refractivity contribution in [2.24, 2.45) is 5.73 Å². The maximum absolute atomic E-state index is 14.6. The number of halogens is 1. The molecule has 0 bridgehead atoms. The van der Waals surface area contributed by atoms with Gasteiger partial charge in [-0.15, -0.1) is 0 Å². The fraction of sp³-hybridized carbons (Fsp3) is 0.227. The summed E-state index contributed by atoms with van der Waals surface area (Å²) in [5.74, 6) is -0.420. The van der Waals surface area contributed by atoms with Crippen LogP contribution in [0.15, 0.2) is 43.0 Å². The molecule has 4 nitrogen and oxygen atoms in total. The molecule has 3 rings (SSSR count). The number of piperidine rings is 1. The highest BCUT2D eigenvalue weighted by Gasteiger charge is 2.15. The van der Waals surface area contributed by atoms with Gasteiger partial charge in [0.05, 0.1) is 11.6 Å². The molecule has 4 N–H and O–H groups in total. The quantitative estimate of drug-likeness (QED) is 0.780. The Kier molecular flexibility index (Phi) is 5.90. The van der Waals surface area contributed by atoms with Crippen molar-refractivity contribution in [2.45, 2.75) is 18.9 Å². The summed E-state index contributed by atoms with van der Waals surface area (Å²) < 4.78 is 14.6. The van der Waals surface area contributed by atoms with Gasteiger partial charge in [-0.3, -0.25) is 0 Å². The van der Waals surface area contributed by atoms with Crippen molar-refractivity contribution in [2.75, 3.05) is 18.4 Å². The van der Waals surface area contributed by atoms with E-state index in [1.807, 2.05) is 24.3 Å². The van der Waals surface area contributed by atoms with Crippen molar-refractivity contribution in [1.82, 2.24) is 5.32 Å². The topological polar surface area (TPSA) is 73.9 Å². The van der Waals surface area contributed by atoms with Gasteiger partial charge in [0.25, 0.3) is 0 Å². The van der Waals surface area contributed by atoms with E-state index in [9.17, 15) is 4.39 Å². The van der Waals surface area contributed by atoms with E-state index in [0.29, 0.717) is 17.2 Å². The molecule has 0 atom stereocenters. The maximum atomic E-state index is 14.6. The van der Waals surface area contributed by atoms with Gasteiger partial charge >= 0.3 is 0 Å². The molecule has 27 heavy (non-hydrogen) atoms. The van der Waals surface area contributed by atoms with Gasteiger partial charge in [-0.2, -0.15) is 5.26 Å². The number of nitrogens with one attached hydrogen (secondary N) is 2. The molecular formula is C22H23FN4. The highest BCUT2D eigenvalue weighted by molar-refractivity contribution is 5.71. The van der Waals surface area contributed by atoms with E-state index in [4.69, 9.17) is 11.0 Å². The SMILES string of the molecule is C=C/C=c1/cc(-c2ccc(C#N)cc2F)cc(NC2CCNCC2)/c1=C/N. The van der Waals surface area contributed by atoms with Crippen LogP contribution in [-0.2, 0) is 0 Å². The summed E-state index contributed by atoms with van der Waals surface area (Å²) in [7, 11) is 0. The van der Waals surface area contributed by atoms with Crippen LogP contribution >= 0.6 is 0 Å². The van der Waals surface area contributed by atoms with Crippen LogP contribution in [0.1, 0.15) is 18.4 Å². The molecule has 0 saturated carbocycles. The van der Waals surface area contributed by atoms with Gasteiger partial charge in [0.2, 0.25) is 0 Å². The highest BCUT2D eigenvalue weighted by Crippen LogP contribution is 2.24. The Bertz CT molecular complexity index is 998. The minimum atomic E-state index is -0.420. The number of benzene rings is 2. The van der Waals surface area contributed by atoms with E-state index in [0.717, 1.165) is 47.6 Å². The molecule has 1 heterocycles. The number of nitrogens with zero attached hydrogens (tertiary/aromatic N) is 1. The zero-order valence-electron chi connectivity index (χ0n) is 15.1. The Morgan fingerprint density at radius 1 is 1.26 bits per heavy atom. The Balaban J connectivity index is 2.14. The fourth-order valence-corrected chi connectivity index (χ4v) is 3.41. The summed E-state index contributed by atoms with van der Waals surface area (Å²) in [5.41, 5.74) is 8.25. The normalized spacial score (nSPS) is 16.1. The molecule has 1 aliphatic heterocycles. The zero-order chi connectivity index (χ0) is 19.2. The van der Waals surface area contributed by atoms with Gasteiger partial charge < -0.3 is 16.4 Å². The van der Waals surface area contributed by atoms with Crippen molar-refractivity contribution < 1.29 is 4.39 Å². The minimum absolute atomic E-state index is 0.300. The summed E-state index contributed by atoms with van der Waals surface area (Å²) in [6.07, 6.45) is 7.14. The average molecular weight is 362 g/mol. The Morgan fingerprint density at radius 2 is 2.04 bits per heavy atom. The second kappa shape index (κ2) is 8.52. The van der Waals surface area contributed by atoms with Crippen molar-refractivity contribution in [3.63, 3.8) is 0 Å². The third-order valence-electron chi connectivity index (χ3n) is 4.78. The molecule has 1 aliphatic rings. The first-order valence-electron chi connectivity index (χ1n) is 9.02. The highest BCUT2D eigenvalue weighted by atomic mass is 19.1. The smallest absolute Gasteiger partial charge is 0.132 e. The number of hydrogen-bond acceptors (Lipinski definition) is 4. The summed E-state index contributed by atoms with van der Waals surface area (Å²) in [6.45, 7) is 5.70. The Labute approximate surface area is 158 Å². The van der Waals surface area contributed by atoms with Crippen LogP contribution in [0.4, 0.5) is 10.1 Å². The van der Waals surface area contributed by atoms with Crippen LogP contribution in [-0.4, -0.2) is 19.1 Å². The third kappa shape index (κ3) is 4.18. The van der Waals surface area contributed by atoms with E-state index in [2.05, 4.69) is 17.2 Å². The predicted molar refractivity (Wildman–Crippen MR) is 109 cm³/mol. The third-order valence-corrected chi connectivity index (χ3v) is 4.78. The van der Waals surface area contributed by atoms with Crippen molar-refractivity contribution in [1.29, 1.82) is 5.26 Å². The van der Waals surface area contributed by atoms with Crippen LogP contribution in [0.2, 0.25) is 0 Å². The number of hydrogen-bond donors (Lipinski definition) is 3. The number of anilines is 1. The molecule has 0 aliphatic carbocycles. The molecule has 1 fully saturated rings. The van der Waals surface area contributed by atoms with E-state index in [-0.39, 0.29) is 0 Å². The largest absolute Gasteiger partial charge is 0.404 e. The summed E-state index contributed by atoms with van der Waals surface area (Å²) in [5, 5.41) is 17.6. The fourth-order valence-electron chi connectivity index (χ4n) is 3.41. The molecular weight excluding hydrogens is 339 g/mol. The number of rotatable bonds is 4. The first kappa shape index (κ1) is 18.7. The molecule has 138 valence electrons. The van der Waals surface area contributed by atoms with Crippen LogP contribution in [0.5, 0.6) is 0 Å². The number of nitrogens with two attached hydrogens (primary N) is 1. The molecule has 0 aromatic heterocycles. The zero-order valence-corrected chi connectivity index (χ0v) is 15.1. The number of nitriles is 1. The molecule has 5 heteroatoms. The monoisotopic (exact) mass is 362 g/mol. The van der Waals surface area contributed by atoms with E-state index in [1.54, 1.807) is 24.4 Å². The maximum Gasteiger partial charge on any atom is 0.132 e. The standard InChI is InChI=1S/C22H23FN4/c1-2-3-16-11-17(19-5-4-15(13-24)10-21(19)23)12-22(20(16)14-25)27-18-6-8-26-9-7-18/h2-5,10-12,14,18,26-27H,1,6-9,25H2/b16-3-,20-14+. The first-order valence-corrected chi connectivity index (χ1v) is 9.02. The lowest BCUT2D eigenvalue weighted by atomic mass is 9.99. The predicted octanol–water partition coefficient (Wildman–Crippen LogP) is 2.19. The van der Waals surface area contributed by atoms with Crippen LogP contribution in [0.3, 0.4) is 0 Å². The molecule has 0 spiro atoms. The van der Waals surface area contributed by atoms with Gasteiger partial charge in [0.15, 0.2) is 0 Å². The molecule has 2 aromatic rings. The summed E-state index contributed by atoms with van der Waals surface area (Å²) in [6, 6.07) is 10.6. The van der Waals surface area contributed by atoms with Gasteiger partial charge in [0, 0.05) is 28.7 Å². The van der Waals surface area contributed by atoms with Gasteiger partial charge in [-0.05, 0) is 61.0 Å². The Hall–Kier alpha value is -3.10. The molecule has 0 amide bonds. The van der Waals surface area contributed by atoms with Crippen LogP contribution in [0, 0.1) is 17.1 Å². The van der Waals surface area contributed by atoms with Crippen LogP contribution in [0.25, 0.3) is 23.4 Å². The van der Waals surface area contributed by atoms with Gasteiger partial charge in [0.1, 0.15) is 5.82 Å². The molecule has 1 saturated heterocycles. The van der Waals surface area contributed by atoms with Crippen LogP contribution < -0.4 is 26.8 Å². The lowest BCUT2D eigenvalue weighted by Gasteiger charge is -2.25. The summed E-state index contributed by atoms with van der Waals surface area (Å²) in [4.78, 5) is 0. The lowest BCUT2D eigenvalue weighted by Crippen LogP contribution is -2.38. The van der Waals surface area contributed by atoms with Crippen molar-refractivity contribution >= 4 is 18.0 Å². The van der Waals surface area contributed by atoms with E-state index < -0.39 is 5.82 Å².